The Morgan fingerprint density at radius 3 is 2.45 bits per heavy atom. The van der Waals surface area contributed by atoms with Crippen molar-refractivity contribution in [3.8, 4) is 0 Å². The Balaban J connectivity index is 3.83. The van der Waals surface area contributed by atoms with Gasteiger partial charge in [0.15, 0.2) is 0 Å². The number of aliphatic carboxylic acids is 1. The predicted molar refractivity (Wildman–Crippen MR) is 42.3 cm³/mol. The minimum Gasteiger partial charge on any atom is -0.481 e. The van der Waals surface area contributed by atoms with Crippen molar-refractivity contribution in [3.05, 3.63) is 12.2 Å². The maximum atomic E-state index is 10.7. The zero-order chi connectivity index (χ0) is 8.85. The highest BCUT2D eigenvalue weighted by atomic mass is 28.1. The summed E-state index contributed by atoms with van der Waals surface area (Å²) in [6.07, 6.45) is 0.0257. The molecule has 0 radical (unpaired) electrons. The number of carboxylic acids is 1. The van der Waals surface area contributed by atoms with Gasteiger partial charge in [-0.15, -0.1) is 0 Å². The van der Waals surface area contributed by atoms with Crippen LogP contribution in [0.2, 0.25) is 0 Å². The molecule has 0 aliphatic rings. The first-order valence-electron chi connectivity index (χ1n) is 3.14. The maximum Gasteiger partial charge on any atom is 0.333 e. The van der Waals surface area contributed by atoms with Gasteiger partial charge < -0.3 is 9.84 Å². The molecule has 0 aromatic heterocycles. The van der Waals surface area contributed by atoms with E-state index >= 15 is 0 Å². The first-order valence-corrected chi connectivity index (χ1v) is 4.56. The smallest absolute Gasteiger partial charge is 0.333 e. The Morgan fingerprint density at radius 2 is 2.09 bits per heavy atom. The Bertz CT molecular complexity index is 187. The van der Waals surface area contributed by atoms with Gasteiger partial charge in [0, 0.05) is 5.57 Å². The first-order chi connectivity index (χ1) is 5.07. The van der Waals surface area contributed by atoms with Crippen LogP contribution in [0.5, 0.6) is 0 Å². The second-order valence-electron chi connectivity index (χ2n) is 1.89. The summed E-state index contributed by atoms with van der Waals surface area (Å²) in [5, 5.41) is 8.24. The third kappa shape index (κ3) is 4.32. The van der Waals surface area contributed by atoms with Gasteiger partial charge in [-0.05, 0) is 0 Å². The number of hydrogen-bond acceptors (Lipinski definition) is 3. The van der Waals surface area contributed by atoms with Crippen molar-refractivity contribution in [1.29, 1.82) is 0 Å². The van der Waals surface area contributed by atoms with E-state index in [1.54, 1.807) is 0 Å². The lowest BCUT2D eigenvalue weighted by Gasteiger charge is -2.00. The number of carbonyl (C=O) groups is 2. The summed E-state index contributed by atoms with van der Waals surface area (Å²) in [6, 6.07) is 0. The summed E-state index contributed by atoms with van der Waals surface area (Å²) in [5.74, 6) is -1.68. The molecule has 0 amide bonds. The minimum absolute atomic E-state index is 0.00616. The molecule has 0 heterocycles. The maximum absolute atomic E-state index is 10.7. The molecule has 62 valence electrons. The van der Waals surface area contributed by atoms with Gasteiger partial charge in [-0.25, -0.2) is 4.79 Å². The molecule has 1 N–H and O–H groups in total. The Labute approximate surface area is 67.3 Å². The van der Waals surface area contributed by atoms with Gasteiger partial charge in [0.25, 0.3) is 0 Å². The average molecular weight is 174 g/mol. The van der Waals surface area contributed by atoms with Crippen molar-refractivity contribution in [2.45, 2.75) is 6.42 Å². The van der Waals surface area contributed by atoms with Crippen molar-refractivity contribution in [2.75, 3.05) is 6.23 Å². The van der Waals surface area contributed by atoms with Crippen LogP contribution >= 0.6 is 0 Å². The topological polar surface area (TPSA) is 63.6 Å². The minimum atomic E-state index is -1.07. The molecule has 0 aromatic rings. The van der Waals surface area contributed by atoms with E-state index in [0.717, 1.165) is 10.2 Å². The van der Waals surface area contributed by atoms with E-state index in [-0.39, 0.29) is 12.0 Å². The van der Waals surface area contributed by atoms with E-state index in [0.29, 0.717) is 6.23 Å². The number of esters is 1. The van der Waals surface area contributed by atoms with Gasteiger partial charge in [-0.1, -0.05) is 6.58 Å². The van der Waals surface area contributed by atoms with Crippen LogP contribution in [0.4, 0.5) is 0 Å². The summed E-state index contributed by atoms with van der Waals surface area (Å²) in [7, 11) is 0.750. The third-order valence-electron chi connectivity index (χ3n) is 0.929. The second-order valence-corrected chi connectivity index (χ2v) is 2.47. The Kier molecular flexibility index (Phi) is 4.20. The summed E-state index contributed by atoms with van der Waals surface area (Å²) in [4.78, 5) is 20.8. The van der Waals surface area contributed by atoms with Crippen LogP contribution in [0.1, 0.15) is 6.42 Å². The van der Waals surface area contributed by atoms with Crippen LogP contribution in [0.15, 0.2) is 12.2 Å². The van der Waals surface area contributed by atoms with E-state index in [2.05, 4.69) is 11.3 Å². The van der Waals surface area contributed by atoms with E-state index < -0.39 is 11.9 Å². The van der Waals surface area contributed by atoms with Crippen molar-refractivity contribution >= 4 is 22.2 Å². The lowest BCUT2D eigenvalue weighted by Crippen LogP contribution is -2.11. The molecule has 0 bridgehead atoms. The fraction of sp³-hybridized carbons (Fsp3) is 0.333. The highest BCUT2D eigenvalue weighted by Gasteiger charge is 2.10. The molecular formula is C6H10O4Si. The number of rotatable bonds is 4. The van der Waals surface area contributed by atoms with E-state index in [1.165, 1.54) is 0 Å². The largest absolute Gasteiger partial charge is 0.481 e. The van der Waals surface area contributed by atoms with Crippen LogP contribution in [0.3, 0.4) is 0 Å². The van der Waals surface area contributed by atoms with Gasteiger partial charge in [0.2, 0.25) is 0 Å². The van der Waals surface area contributed by atoms with Gasteiger partial charge in [-0.3, -0.25) is 4.79 Å². The predicted octanol–water partition coefficient (Wildman–Crippen LogP) is -1.12. The SMILES string of the molecule is C=C(CC(=O)O)C(=O)OC[SiH3]. The summed E-state index contributed by atoms with van der Waals surface area (Å²) in [5.41, 5.74) is -0.00616. The molecule has 0 saturated carbocycles. The van der Waals surface area contributed by atoms with E-state index in [9.17, 15) is 9.59 Å². The van der Waals surface area contributed by atoms with Crippen molar-refractivity contribution < 1.29 is 19.4 Å². The van der Waals surface area contributed by atoms with Crippen molar-refractivity contribution in [1.82, 2.24) is 0 Å². The van der Waals surface area contributed by atoms with Crippen LogP contribution in [-0.4, -0.2) is 33.5 Å². The Hall–Kier alpha value is -1.10. The molecule has 0 atom stereocenters. The molecule has 0 spiro atoms. The zero-order valence-electron chi connectivity index (χ0n) is 6.29. The number of carboxylic acid groups (broad SMARTS) is 1. The molecule has 0 rings (SSSR count). The van der Waals surface area contributed by atoms with Gasteiger partial charge in [0.1, 0.15) is 0 Å². The van der Waals surface area contributed by atoms with Crippen LogP contribution in [-0.2, 0) is 14.3 Å². The van der Waals surface area contributed by atoms with Crippen molar-refractivity contribution in [2.24, 2.45) is 0 Å². The summed E-state index contributed by atoms with van der Waals surface area (Å²) < 4.78 is 4.56. The lowest BCUT2D eigenvalue weighted by atomic mass is 10.2. The van der Waals surface area contributed by atoms with Crippen LogP contribution < -0.4 is 0 Å². The third-order valence-corrected chi connectivity index (χ3v) is 1.22. The highest BCUT2D eigenvalue weighted by molar-refractivity contribution is 6.09. The number of hydrogen-bond donors (Lipinski definition) is 1. The number of carbonyl (C=O) groups excluding carboxylic acids is 1. The lowest BCUT2D eigenvalue weighted by molar-refractivity contribution is -0.141. The Morgan fingerprint density at radius 1 is 1.55 bits per heavy atom. The zero-order valence-corrected chi connectivity index (χ0v) is 8.29. The normalized spacial score (nSPS) is 9.09. The first kappa shape index (κ1) is 9.90. The average Bonchev–Trinajstić information content (AvgIpc) is 1.86. The van der Waals surface area contributed by atoms with Crippen LogP contribution in [0.25, 0.3) is 0 Å². The van der Waals surface area contributed by atoms with Gasteiger partial charge >= 0.3 is 11.9 Å². The van der Waals surface area contributed by atoms with Gasteiger partial charge in [-0.2, -0.15) is 0 Å². The fourth-order valence-electron chi connectivity index (χ4n) is 0.488. The number of ether oxygens (including phenoxy) is 1. The molecule has 0 aliphatic heterocycles. The molecule has 5 heteroatoms. The molecule has 0 fully saturated rings. The summed E-state index contributed by atoms with van der Waals surface area (Å²) >= 11 is 0. The van der Waals surface area contributed by atoms with E-state index in [1.807, 2.05) is 0 Å². The monoisotopic (exact) mass is 174 g/mol. The molecule has 0 unspecified atom stereocenters. The second kappa shape index (κ2) is 4.67. The molecule has 0 saturated heterocycles. The quantitative estimate of drug-likeness (QED) is 0.333. The molecule has 0 aromatic carbocycles. The standard InChI is InChI=1S/C6H10O4Si/c1-4(2-5(7)8)6(9)10-3-11/h1-3H2,11H3,(H,7,8). The fourth-order valence-corrected chi connectivity index (χ4v) is 0.750. The van der Waals surface area contributed by atoms with Crippen molar-refractivity contribution in [3.63, 3.8) is 0 Å². The van der Waals surface area contributed by atoms with E-state index in [4.69, 9.17) is 5.11 Å². The molecular weight excluding hydrogens is 164 g/mol. The van der Waals surface area contributed by atoms with Crippen LogP contribution in [0, 0.1) is 0 Å². The highest BCUT2D eigenvalue weighted by Crippen LogP contribution is 1.99. The summed E-state index contributed by atoms with van der Waals surface area (Å²) in [6.45, 7) is 3.27. The molecule has 11 heavy (non-hydrogen) atoms. The van der Waals surface area contributed by atoms with Gasteiger partial charge in [0.05, 0.1) is 22.9 Å². The molecule has 0 aliphatic carbocycles. The molecule has 4 nitrogen and oxygen atoms in total.